The first-order chi connectivity index (χ1) is 13.1. The third-order valence-electron chi connectivity index (χ3n) is 6.00. The zero-order valence-corrected chi connectivity index (χ0v) is 16.7. The third kappa shape index (κ3) is 5.02. The zero-order valence-electron chi connectivity index (χ0n) is 16.7. The van der Waals surface area contributed by atoms with Crippen molar-refractivity contribution in [1.29, 1.82) is 0 Å². The maximum absolute atomic E-state index is 12.8. The van der Waals surface area contributed by atoms with Crippen molar-refractivity contribution in [3.8, 4) is 0 Å². The first-order valence-electron chi connectivity index (χ1n) is 10.5. The van der Waals surface area contributed by atoms with Gasteiger partial charge in [0.15, 0.2) is 0 Å². The second-order valence-corrected chi connectivity index (χ2v) is 7.96. The molecule has 0 bridgehead atoms. The fraction of sp³-hybridized carbons (Fsp3) is 0.636. The van der Waals surface area contributed by atoms with Gasteiger partial charge in [-0.1, -0.05) is 50.5 Å². The van der Waals surface area contributed by atoms with Crippen molar-refractivity contribution in [3.63, 3.8) is 0 Å². The van der Waals surface area contributed by atoms with Gasteiger partial charge in [0.1, 0.15) is 6.04 Å². The van der Waals surface area contributed by atoms with Crippen LogP contribution in [0.4, 0.5) is 4.79 Å². The molecule has 1 aromatic rings. The van der Waals surface area contributed by atoms with Crippen LogP contribution in [0.3, 0.4) is 0 Å². The molecule has 1 saturated carbocycles. The number of hydrogen-bond acceptors (Lipinski definition) is 2. The molecule has 0 spiro atoms. The minimum Gasteiger partial charge on any atom is -0.348 e. The largest absolute Gasteiger partial charge is 0.348 e. The first-order valence-corrected chi connectivity index (χ1v) is 10.5. The Morgan fingerprint density at radius 1 is 1.07 bits per heavy atom. The number of hydrogen-bond donors (Lipinski definition) is 2. The summed E-state index contributed by atoms with van der Waals surface area (Å²) in [6.45, 7) is 4.80. The molecule has 2 N–H and O–H groups in total. The van der Waals surface area contributed by atoms with Crippen LogP contribution in [0, 0.1) is 0 Å². The van der Waals surface area contributed by atoms with E-state index >= 15 is 0 Å². The summed E-state index contributed by atoms with van der Waals surface area (Å²) in [6, 6.07) is 8.15. The highest BCUT2D eigenvalue weighted by atomic mass is 16.2. The van der Waals surface area contributed by atoms with Gasteiger partial charge in [0, 0.05) is 12.6 Å². The Bertz CT molecular complexity index is 637. The topological polar surface area (TPSA) is 61.4 Å². The second kappa shape index (κ2) is 9.25. The van der Waals surface area contributed by atoms with Gasteiger partial charge < -0.3 is 15.5 Å². The highest BCUT2D eigenvalue weighted by molar-refractivity contribution is 5.88. The van der Waals surface area contributed by atoms with E-state index in [1.165, 1.54) is 24.8 Å². The molecule has 1 aromatic carbocycles. The minimum absolute atomic E-state index is 0.0432. The van der Waals surface area contributed by atoms with Crippen LogP contribution in [0.5, 0.6) is 0 Å². The molecule has 2 atom stereocenters. The molecular formula is C22H33N3O2. The van der Waals surface area contributed by atoms with E-state index in [0.717, 1.165) is 37.7 Å². The maximum atomic E-state index is 12.8. The predicted octanol–water partition coefficient (Wildman–Crippen LogP) is 3.93. The summed E-state index contributed by atoms with van der Waals surface area (Å²) in [6.07, 6.45) is 8.38. The Labute approximate surface area is 162 Å². The predicted molar refractivity (Wildman–Crippen MR) is 108 cm³/mol. The summed E-state index contributed by atoms with van der Waals surface area (Å²) in [5, 5.41) is 6.25. The van der Waals surface area contributed by atoms with Gasteiger partial charge in [-0.05, 0) is 50.2 Å². The van der Waals surface area contributed by atoms with Gasteiger partial charge in [-0.15, -0.1) is 0 Å². The lowest BCUT2D eigenvalue weighted by atomic mass is 9.96. The van der Waals surface area contributed by atoms with Crippen LogP contribution in [0.15, 0.2) is 24.3 Å². The summed E-state index contributed by atoms with van der Waals surface area (Å²) in [4.78, 5) is 27.2. The van der Waals surface area contributed by atoms with E-state index < -0.39 is 0 Å². The molecule has 2 unspecified atom stereocenters. The lowest BCUT2D eigenvalue weighted by molar-refractivity contribution is -0.125. The molecular weight excluding hydrogens is 338 g/mol. The van der Waals surface area contributed by atoms with Crippen LogP contribution in [-0.2, 0) is 11.2 Å². The second-order valence-electron chi connectivity index (χ2n) is 7.96. The molecule has 27 heavy (non-hydrogen) atoms. The average Bonchev–Trinajstić information content (AvgIpc) is 3.19. The van der Waals surface area contributed by atoms with Crippen LogP contribution in [0.25, 0.3) is 0 Å². The van der Waals surface area contributed by atoms with Crippen molar-refractivity contribution in [2.75, 3.05) is 6.54 Å². The highest BCUT2D eigenvalue weighted by Gasteiger charge is 2.35. The number of carbonyl (C=O) groups excluding carboxylic acids is 2. The molecule has 3 amide bonds. The van der Waals surface area contributed by atoms with E-state index in [0.29, 0.717) is 6.54 Å². The molecule has 0 radical (unpaired) electrons. The number of aryl methyl sites for hydroxylation is 1. The van der Waals surface area contributed by atoms with Crippen LogP contribution in [-0.4, -0.2) is 35.5 Å². The lowest BCUT2D eigenvalue weighted by Crippen LogP contribution is -2.52. The molecule has 3 rings (SSSR count). The van der Waals surface area contributed by atoms with Crippen LogP contribution >= 0.6 is 0 Å². The SMILES string of the molecule is CCc1ccc(C(C)NC(=O)C2CCCN2C(=O)NC2CCCCC2)cc1. The molecule has 1 heterocycles. The molecule has 5 nitrogen and oxygen atoms in total. The molecule has 1 saturated heterocycles. The number of amides is 3. The summed E-state index contributed by atoms with van der Waals surface area (Å²) in [5.41, 5.74) is 2.38. The van der Waals surface area contributed by atoms with E-state index in [1.807, 2.05) is 6.92 Å². The Morgan fingerprint density at radius 3 is 2.44 bits per heavy atom. The standard InChI is InChI=1S/C22H33N3O2/c1-3-17-11-13-18(14-12-17)16(2)23-21(26)20-10-7-15-25(20)22(27)24-19-8-5-4-6-9-19/h11-14,16,19-20H,3-10,15H2,1-2H3,(H,23,26)(H,24,27). The van der Waals surface area contributed by atoms with Gasteiger partial charge in [0.05, 0.1) is 6.04 Å². The molecule has 148 valence electrons. The van der Waals surface area contributed by atoms with Crippen LogP contribution in [0.1, 0.15) is 76.0 Å². The number of nitrogens with zero attached hydrogens (tertiary/aromatic N) is 1. The lowest BCUT2D eigenvalue weighted by Gasteiger charge is -2.29. The fourth-order valence-electron chi connectivity index (χ4n) is 4.22. The molecule has 1 aliphatic heterocycles. The molecule has 5 heteroatoms. The van der Waals surface area contributed by atoms with E-state index in [9.17, 15) is 9.59 Å². The number of urea groups is 1. The van der Waals surface area contributed by atoms with Gasteiger partial charge in [-0.25, -0.2) is 4.79 Å². The van der Waals surface area contributed by atoms with Gasteiger partial charge in [-0.2, -0.15) is 0 Å². The Morgan fingerprint density at radius 2 is 1.78 bits per heavy atom. The molecule has 2 aliphatic rings. The van der Waals surface area contributed by atoms with Gasteiger partial charge >= 0.3 is 6.03 Å². The van der Waals surface area contributed by atoms with Crippen molar-refractivity contribution in [1.82, 2.24) is 15.5 Å². The summed E-state index contributed by atoms with van der Waals surface area (Å²) >= 11 is 0. The number of benzene rings is 1. The van der Waals surface area contributed by atoms with E-state index in [4.69, 9.17) is 0 Å². The van der Waals surface area contributed by atoms with Gasteiger partial charge in [0.2, 0.25) is 5.91 Å². The van der Waals surface area contributed by atoms with E-state index in [-0.39, 0.29) is 30.1 Å². The summed E-state index contributed by atoms with van der Waals surface area (Å²) in [5.74, 6) is -0.0432. The summed E-state index contributed by atoms with van der Waals surface area (Å²) < 4.78 is 0. The van der Waals surface area contributed by atoms with Crippen molar-refractivity contribution < 1.29 is 9.59 Å². The quantitative estimate of drug-likeness (QED) is 0.824. The smallest absolute Gasteiger partial charge is 0.318 e. The van der Waals surface area contributed by atoms with Gasteiger partial charge in [-0.3, -0.25) is 4.79 Å². The Hall–Kier alpha value is -2.04. The van der Waals surface area contributed by atoms with Crippen molar-refractivity contribution >= 4 is 11.9 Å². The Kier molecular flexibility index (Phi) is 6.75. The third-order valence-corrected chi connectivity index (χ3v) is 6.00. The zero-order chi connectivity index (χ0) is 19.2. The minimum atomic E-state index is -0.356. The van der Waals surface area contributed by atoms with Crippen molar-refractivity contribution in [2.45, 2.75) is 83.3 Å². The van der Waals surface area contributed by atoms with Gasteiger partial charge in [0.25, 0.3) is 0 Å². The van der Waals surface area contributed by atoms with Crippen molar-refractivity contribution in [2.24, 2.45) is 0 Å². The maximum Gasteiger partial charge on any atom is 0.318 e. The average molecular weight is 372 g/mol. The molecule has 2 fully saturated rings. The first kappa shape index (κ1) is 19.7. The van der Waals surface area contributed by atoms with E-state index in [2.05, 4.69) is 41.8 Å². The van der Waals surface area contributed by atoms with E-state index in [1.54, 1.807) is 4.90 Å². The van der Waals surface area contributed by atoms with Crippen molar-refractivity contribution in [3.05, 3.63) is 35.4 Å². The number of carbonyl (C=O) groups is 2. The van der Waals surface area contributed by atoms with Crippen LogP contribution in [0.2, 0.25) is 0 Å². The number of nitrogens with one attached hydrogen (secondary N) is 2. The molecule has 0 aromatic heterocycles. The number of rotatable bonds is 5. The fourth-order valence-corrected chi connectivity index (χ4v) is 4.22. The molecule has 1 aliphatic carbocycles. The monoisotopic (exact) mass is 371 g/mol. The highest BCUT2D eigenvalue weighted by Crippen LogP contribution is 2.22. The normalized spacial score (nSPS) is 21.7. The number of likely N-dealkylation sites (tertiary alicyclic amines) is 1. The Balaban J connectivity index is 1.56. The van der Waals surface area contributed by atoms with Crippen LogP contribution < -0.4 is 10.6 Å². The summed E-state index contributed by atoms with van der Waals surface area (Å²) in [7, 11) is 0.